The molecule has 0 spiro atoms. The summed E-state index contributed by atoms with van der Waals surface area (Å²) in [6.07, 6.45) is 1.21. The minimum atomic E-state index is -3.64. The van der Waals surface area contributed by atoms with Gasteiger partial charge < -0.3 is 4.52 Å². The van der Waals surface area contributed by atoms with E-state index in [1.165, 1.54) is 22.5 Å². The summed E-state index contributed by atoms with van der Waals surface area (Å²) in [7, 11) is -3.64. The van der Waals surface area contributed by atoms with Crippen LogP contribution in [-0.2, 0) is 10.0 Å². The first-order valence-electron chi connectivity index (χ1n) is 9.10. The second kappa shape index (κ2) is 7.44. The minimum Gasteiger partial charge on any atom is -0.334 e. The second-order valence-electron chi connectivity index (χ2n) is 6.91. The molecular weight excluding hydrogens is 381 g/mol. The number of aromatic nitrogens is 2. The summed E-state index contributed by atoms with van der Waals surface area (Å²) in [4.78, 5) is 4.60. The highest BCUT2D eigenvalue weighted by atomic mass is 32.2. The zero-order valence-corrected chi connectivity index (χ0v) is 16.2. The molecule has 1 aliphatic rings. The van der Waals surface area contributed by atoms with Gasteiger partial charge in [-0.2, -0.15) is 9.29 Å². The van der Waals surface area contributed by atoms with Crippen LogP contribution >= 0.6 is 0 Å². The quantitative estimate of drug-likeness (QED) is 0.665. The molecule has 4 rings (SSSR count). The molecule has 1 saturated heterocycles. The number of piperidine rings is 1. The van der Waals surface area contributed by atoms with Crippen LogP contribution in [0.3, 0.4) is 0 Å². The van der Waals surface area contributed by atoms with Gasteiger partial charge in [-0.1, -0.05) is 23.4 Å². The molecule has 2 heterocycles. The first kappa shape index (κ1) is 18.8. The van der Waals surface area contributed by atoms with Crippen molar-refractivity contribution in [1.82, 2.24) is 14.4 Å². The molecule has 0 bridgehead atoms. The Morgan fingerprint density at radius 2 is 1.82 bits per heavy atom. The summed E-state index contributed by atoms with van der Waals surface area (Å²) in [5, 5.41) is 4.09. The van der Waals surface area contributed by atoms with Crippen LogP contribution in [0.2, 0.25) is 0 Å². The van der Waals surface area contributed by atoms with Crippen LogP contribution in [0.5, 0.6) is 0 Å². The van der Waals surface area contributed by atoms with E-state index in [9.17, 15) is 12.8 Å². The molecular formula is C20H20FN3O3S. The fourth-order valence-corrected chi connectivity index (χ4v) is 4.94. The molecule has 1 aromatic heterocycles. The van der Waals surface area contributed by atoms with Crippen LogP contribution in [0.4, 0.5) is 4.39 Å². The molecule has 0 amide bonds. The van der Waals surface area contributed by atoms with E-state index in [0.29, 0.717) is 43.2 Å². The van der Waals surface area contributed by atoms with E-state index in [-0.39, 0.29) is 10.8 Å². The Morgan fingerprint density at radius 3 is 2.50 bits per heavy atom. The molecule has 1 aliphatic heterocycles. The Kier molecular flexibility index (Phi) is 4.99. The van der Waals surface area contributed by atoms with E-state index >= 15 is 0 Å². The third-order valence-corrected chi connectivity index (χ3v) is 6.94. The molecule has 0 atom stereocenters. The third kappa shape index (κ3) is 3.57. The van der Waals surface area contributed by atoms with Gasteiger partial charge in [-0.05, 0) is 55.7 Å². The molecule has 3 aromatic rings. The number of nitrogens with zero attached hydrogens (tertiary/aromatic N) is 3. The fourth-order valence-electron chi connectivity index (χ4n) is 3.38. The van der Waals surface area contributed by atoms with Crippen molar-refractivity contribution in [3.63, 3.8) is 0 Å². The van der Waals surface area contributed by atoms with Gasteiger partial charge in [0.25, 0.3) is 5.89 Å². The Balaban J connectivity index is 1.46. The predicted octanol–water partition coefficient (Wildman–Crippen LogP) is 3.75. The van der Waals surface area contributed by atoms with Crippen LogP contribution in [-0.4, -0.2) is 36.0 Å². The maximum atomic E-state index is 13.5. The highest BCUT2D eigenvalue weighted by molar-refractivity contribution is 7.89. The molecule has 0 radical (unpaired) electrons. The average Bonchev–Trinajstić information content (AvgIpc) is 3.21. The molecule has 2 aromatic carbocycles. The maximum Gasteiger partial charge on any atom is 0.257 e. The van der Waals surface area contributed by atoms with Crippen molar-refractivity contribution in [3.8, 4) is 11.5 Å². The largest absolute Gasteiger partial charge is 0.334 e. The number of benzene rings is 2. The van der Waals surface area contributed by atoms with Crippen molar-refractivity contribution < 1.29 is 17.3 Å². The van der Waals surface area contributed by atoms with Gasteiger partial charge in [-0.25, -0.2) is 12.8 Å². The second-order valence-corrected chi connectivity index (χ2v) is 8.85. The molecule has 0 aliphatic carbocycles. The Morgan fingerprint density at radius 1 is 1.11 bits per heavy atom. The van der Waals surface area contributed by atoms with Crippen molar-refractivity contribution >= 4 is 10.0 Å². The van der Waals surface area contributed by atoms with E-state index in [0.717, 1.165) is 5.56 Å². The van der Waals surface area contributed by atoms with Crippen molar-refractivity contribution in [2.45, 2.75) is 30.6 Å². The van der Waals surface area contributed by atoms with Gasteiger partial charge in [0.15, 0.2) is 5.82 Å². The number of halogens is 1. The highest BCUT2D eigenvalue weighted by Gasteiger charge is 2.32. The molecule has 6 nitrogen and oxygen atoms in total. The van der Waals surface area contributed by atoms with Crippen LogP contribution in [0, 0.1) is 12.7 Å². The number of rotatable bonds is 4. The van der Waals surface area contributed by atoms with Crippen LogP contribution in [0.25, 0.3) is 11.5 Å². The summed E-state index contributed by atoms with van der Waals surface area (Å²) in [6, 6.07) is 13.4. The van der Waals surface area contributed by atoms with E-state index in [1.54, 1.807) is 6.92 Å². The van der Waals surface area contributed by atoms with Crippen LogP contribution in [0.15, 0.2) is 57.9 Å². The summed E-state index contributed by atoms with van der Waals surface area (Å²) < 4.78 is 45.9. The monoisotopic (exact) mass is 401 g/mol. The lowest BCUT2D eigenvalue weighted by molar-refractivity contribution is 0.307. The predicted molar refractivity (Wildman–Crippen MR) is 102 cm³/mol. The Hall–Kier alpha value is -2.58. The van der Waals surface area contributed by atoms with E-state index in [4.69, 9.17) is 4.52 Å². The molecule has 0 saturated carbocycles. The Bertz CT molecular complexity index is 1080. The van der Waals surface area contributed by atoms with Gasteiger partial charge in [-0.15, -0.1) is 0 Å². The first-order chi connectivity index (χ1) is 13.4. The minimum absolute atomic E-state index is 0.0441. The van der Waals surface area contributed by atoms with Crippen LogP contribution < -0.4 is 0 Å². The van der Waals surface area contributed by atoms with Gasteiger partial charge in [0.05, 0.1) is 4.90 Å². The SMILES string of the molecule is Cc1cc(S(=O)(=O)N2CCC(c3noc(-c4ccccc4)n3)CC2)ccc1F. The zero-order valence-electron chi connectivity index (χ0n) is 15.4. The topological polar surface area (TPSA) is 76.3 Å². The normalized spacial score (nSPS) is 16.4. The van der Waals surface area contributed by atoms with Gasteiger partial charge in [0.2, 0.25) is 10.0 Å². The summed E-state index contributed by atoms with van der Waals surface area (Å²) in [5.41, 5.74) is 1.17. The van der Waals surface area contributed by atoms with Gasteiger partial charge in [0.1, 0.15) is 5.82 Å². The molecule has 146 valence electrons. The summed E-state index contributed by atoms with van der Waals surface area (Å²) in [6.45, 7) is 2.28. The van der Waals surface area contributed by atoms with Gasteiger partial charge >= 0.3 is 0 Å². The van der Waals surface area contributed by atoms with E-state index in [2.05, 4.69) is 10.1 Å². The van der Waals surface area contributed by atoms with Gasteiger partial charge in [-0.3, -0.25) is 0 Å². The lowest BCUT2D eigenvalue weighted by Crippen LogP contribution is -2.38. The summed E-state index contributed by atoms with van der Waals surface area (Å²) in [5.74, 6) is 0.701. The van der Waals surface area contributed by atoms with E-state index < -0.39 is 15.8 Å². The highest BCUT2D eigenvalue weighted by Crippen LogP contribution is 2.30. The average molecular weight is 401 g/mol. The van der Waals surface area contributed by atoms with E-state index in [1.807, 2.05) is 30.3 Å². The van der Waals surface area contributed by atoms with Crippen molar-refractivity contribution in [2.75, 3.05) is 13.1 Å². The number of aryl methyl sites for hydroxylation is 1. The smallest absolute Gasteiger partial charge is 0.257 e. The number of sulfonamides is 1. The van der Waals surface area contributed by atoms with Crippen molar-refractivity contribution in [1.29, 1.82) is 0 Å². The molecule has 28 heavy (non-hydrogen) atoms. The lowest BCUT2D eigenvalue weighted by atomic mass is 9.97. The Labute approximate surface area is 163 Å². The standard InChI is InChI=1S/C20H20FN3O3S/c1-14-13-17(7-8-18(14)21)28(25,26)24-11-9-15(10-12-24)19-22-20(27-23-19)16-5-3-2-4-6-16/h2-8,13,15H,9-12H2,1H3. The van der Waals surface area contributed by atoms with Crippen LogP contribution in [0.1, 0.15) is 30.1 Å². The van der Waals surface area contributed by atoms with Crippen molar-refractivity contribution in [3.05, 3.63) is 65.7 Å². The molecule has 0 unspecified atom stereocenters. The molecule has 1 fully saturated rings. The third-order valence-electron chi connectivity index (χ3n) is 5.05. The molecule has 8 heteroatoms. The first-order valence-corrected chi connectivity index (χ1v) is 10.5. The summed E-state index contributed by atoms with van der Waals surface area (Å²) >= 11 is 0. The number of hydrogen-bond acceptors (Lipinski definition) is 5. The molecule has 0 N–H and O–H groups in total. The van der Waals surface area contributed by atoms with Crippen molar-refractivity contribution in [2.24, 2.45) is 0 Å². The maximum absolute atomic E-state index is 13.5. The number of hydrogen-bond donors (Lipinski definition) is 0. The fraction of sp³-hybridized carbons (Fsp3) is 0.300. The van der Waals surface area contributed by atoms with Gasteiger partial charge in [0, 0.05) is 24.6 Å². The lowest BCUT2D eigenvalue weighted by Gasteiger charge is -2.29. The zero-order chi connectivity index (χ0) is 19.7.